The van der Waals surface area contributed by atoms with Gasteiger partial charge in [-0.3, -0.25) is 4.79 Å². The molecule has 2 aromatic carbocycles. The molecule has 0 heterocycles. The van der Waals surface area contributed by atoms with Crippen LogP contribution in [0.1, 0.15) is 17.3 Å². The van der Waals surface area contributed by atoms with E-state index in [1.165, 1.54) is 0 Å². The average molecular weight is 272 g/mol. The molecule has 0 unspecified atom stereocenters. The van der Waals surface area contributed by atoms with Crippen LogP contribution in [0.4, 0.5) is 5.69 Å². The molecule has 2 aromatic rings. The Labute approximate surface area is 117 Å². The Balaban J connectivity index is 2.25. The van der Waals surface area contributed by atoms with E-state index in [1.54, 1.807) is 42.5 Å². The van der Waals surface area contributed by atoms with Gasteiger partial charge in [-0.25, -0.2) is 0 Å². The summed E-state index contributed by atoms with van der Waals surface area (Å²) in [6.07, 6.45) is 0. The lowest BCUT2D eigenvalue weighted by atomic mass is 10.2. The summed E-state index contributed by atoms with van der Waals surface area (Å²) in [5.74, 6) is 1.18. The molecule has 20 heavy (non-hydrogen) atoms. The van der Waals surface area contributed by atoms with Crippen molar-refractivity contribution in [3.05, 3.63) is 48.0 Å². The Kier molecular flexibility index (Phi) is 4.10. The number of carbonyl (C=O) groups excluding carboxylic acids is 1. The maximum atomic E-state index is 11.1. The van der Waals surface area contributed by atoms with Crippen LogP contribution in [0.15, 0.2) is 42.5 Å². The van der Waals surface area contributed by atoms with Gasteiger partial charge in [-0.15, -0.1) is 0 Å². The minimum Gasteiger partial charge on any atom is -0.494 e. The number of rotatable bonds is 5. The van der Waals surface area contributed by atoms with Crippen LogP contribution < -0.4 is 20.9 Å². The fourth-order valence-electron chi connectivity index (χ4n) is 1.75. The summed E-state index contributed by atoms with van der Waals surface area (Å²) in [4.78, 5) is 11.1. The van der Waals surface area contributed by atoms with E-state index in [1.807, 2.05) is 6.92 Å². The molecule has 5 heteroatoms. The molecular weight excluding hydrogens is 256 g/mol. The highest BCUT2D eigenvalue weighted by atomic mass is 16.5. The second-order valence-corrected chi connectivity index (χ2v) is 4.16. The van der Waals surface area contributed by atoms with Crippen molar-refractivity contribution in [1.82, 2.24) is 0 Å². The molecular formula is C15H16N2O3. The number of hydrogen-bond donors (Lipinski definition) is 2. The van der Waals surface area contributed by atoms with Crippen molar-refractivity contribution in [1.29, 1.82) is 0 Å². The van der Waals surface area contributed by atoms with Crippen molar-refractivity contribution in [2.45, 2.75) is 6.92 Å². The van der Waals surface area contributed by atoms with Crippen LogP contribution in [0.2, 0.25) is 0 Å². The van der Waals surface area contributed by atoms with Crippen LogP contribution in [-0.4, -0.2) is 12.5 Å². The van der Waals surface area contributed by atoms with Gasteiger partial charge in [-0.1, -0.05) is 6.07 Å². The number of nitrogens with two attached hydrogens (primary N) is 2. The number of nitrogen functional groups attached to an aromatic ring is 1. The number of ether oxygens (including phenoxy) is 2. The lowest BCUT2D eigenvalue weighted by Crippen LogP contribution is -2.10. The largest absolute Gasteiger partial charge is 0.494 e. The molecule has 0 atom stereocenters. The smallest absolute Gasteiger partial charge is 0.248 e. The van der Waals surface area contributed by atoms with Gasteiger partial charge >= 0.3 is 0 Å². The second kappa shape index (κ2) is 5.97. The van der Waals surface area contributed by atoms with Crippen molar-refractivity contribution in [2.24, 2.45) is 5.73 Å². The molecule has 0 aliphatic carbocycles. The van der Waals surface area contributed by atoms with Crippen LogP contribution in [0, 0.1) is 0 Å². The first kappa shape index (κ1) is 13.7. The summed E-state index contributed by atoms with van der Waals surface area (Å²) in [5, 5.41) is 0. The molecule has 0 aliphatic heterocycles. The standard InChI is InChI=1S/C15H16N2O3/c1-2-19-13-7-11(16)8-14(9-13)20-12-5-3-4-10(6-12)15(17)18/h3-9H,2,16H2,1H3,(H2,17,18). The molecule has 4 N–H and O–H groups in total. The van der Waals surface area contributed by atoms with Gasteiger partial charge < -0.3 is 20.9 Å². The van der Waals surface area contributed by atoms with E-state index in [0.717, 1.165) is 0 Å². The van der Waals surface area contributed by atoms with Gasteiger partial charge in [0.15, 0.2) is 0 Å². The van der Waals surface area contributed by atoms with E-state index < -0.39 is 5.91 Å². The van der Waals surface area contributed by atoms with E-state index in [2.05, 4.69) is 0 Å². The first-order chi connectivity index (χ1) is 9.58. The summed E-state index contributed by atoms with van der Waals surface area (Å²) in [6, 6.07) is 11.8. The second-order valence-electron chi connectivity index (χ2n) is 4.16. The Morgan fingerprint density at radius 3 is 2.55 bits per heavy atom. The van der Waals surface area contributed by atoms with Gasteiger partial charge in [-0.2, -0.15) is 0 Å². The van der Waals surface area contributed by atoms with Gasteiger partial charge in [0.25, 0.3) is 0 Å². The van der Waals surface area contributed by atoms with Crippen LogP contribution in [0.25, 0.3) is 0 Å². The van der Waals surface area contributed by atoms with Crippen LogP contribution in [0.3, 0.4) is 0 Å². The maximum Gasteiger partial charge on any atom is 0.248 e. The summed E-state index contributed by atoms with van der Waals surface area (Å²) >= 11 is 0. The van der Waals surface area contributed by atoms with Crippen LogP contribution in [-0.2, 0) is 0 Å². The minimum absolute atomic E-state index is 0.386. The number of anilines is 1. The highest BCUT2D eigenvalue weighted by Crippen LogP contribution is 2.28. The number of carbonyl (C=O) groups is 1. The predicted octanol–water partition coefficient (Wildman–Crippen LogP) is 2.56. The van der Waals surface area contributed by atoms with Gasteiger partial charge in [0.05, 0.1) is 6.61 Å². The van der Waals surface area contributed by atoms with E-state index in [-0.39, 0.29) is 0 Å². The Morgan fingerprint density at radius 2 is 1.85 bits per heavy atom. The Bertz CT molecular complexity index is 626. The molecule has 5 nitrogen and oxygen atoms in total. The SMILES string of the molecule is CCOc1cc(N)cc(Oc2cccc(C(N)=O)c2)c1. The minimum atomic E-state index is -0.502. The molecule has 1 amide bonds. The van der Waals surface area contributed by atoms with E-state index in [4.69, 9.17) is 20.9 Å². The third-order valence-electron chi connectivity index (χ3n) is 2.57. The number of amides is 1. The van der Waals surface area contributed by atoms with Gasteiger partial charge in [-0.05, 0) is 25.1 Å². The summed E-state index contributed by atoms with van der Waals surface area (Å²) in [6.45, 7) is 2.43. The predicted molar refractivity (Wildman–Crippen MR) is 77.1 cm³/mol. The molecule has 104 valence electrons. The molecule has 0 saturated carbocycles. The third-order valence-corrected chi connectivity index (χ3v) is 2.57. The molecule has 0 spiro atoms. The monoisotopic (exact) mass is 272 g/mol. The quantitative estimate of drug-likeness (QED) is 0.819. The summed E-state index contributed by atoms with van der Waals surface area (Å²) < 4.78 is 11.1. The molecule has 0 saturated heterocycles. The molecule has 0 fully saturated rings. The Hall–Kier alpha value is -2.69. The van der Waals surface area contributed by atoms with E-state index >= 15 is 0 Å². The topological polar surface area (TPSA) is 87.6 Å². The van der Waals surface area contributed by atoms with Gasteiger partial charge in [0, 0.05) is 29.4 Å². The number of hydrogen-bond acceptors (Lipinski definition) is 4. The van der Waals surface area contributed by atoms with Gasteiger partial charge in [0.2, 0.25) is 5.91 Å². The van der Waals surface area contributed by atoms with E-state index in [0.29, 0.717) is 35.1 Å². The van der Waals surface area contributed by atoms with Crippen molar-refractivity contribution in [3.8, 4) is 17.2 Å². The first-order valence-electron chi connectivity index (χ1n) is 6.19. The van der Waals surface area contributed by atoms with Gasteiger partial charge in [0.1, 0.15) is 17.2 Å². The zero-order valence-corrected chi connectivity index (χ0v) is 11.1. The molecule has 0 aromatic heterocycles. The first-order valence-corrected chi connectivity index (χ1v) is 6.19. The zero-order chi connectivity index (χ0) is 14.5. The van der Waals surface area contributed by atoms with E-state index in [9.17, 15) is 4.79 Å². The summed E-state index contributed by atoms with van der Waals surface area (Å²) in [5.41, 5.74) is 11.9. The molecule has 0 bridgehead atoms. The zero-order valence-electron chi connectivity index (χ0n) is 11.1. The lowest BCUT2D eigenvalue weighted by molar-refractivity contribution is 0.1000. The maximum absolute atomic E-state index is 11.1. The summed E-state index contributed by atoms with van der Waals surface area (Å²) in [7, 11) is 0. The van der Waals surface area contributed by atoms with Crippen molar-refractivity contribution < 1.29 is 14.3 Å². The Morgan fingerprint density at radius 1 is 1.10 bits per heavy atom. The fourth-order valence-corrected chi connectivity index (χ4v) is 1.75. The van der Waals surface area contributed by atoms with Crippen molar-refractivity contribution in [2.75, 3.05) is 12.3 Å². The normalized spacial score (nSPS) is 10.1. The fraction of sp³-hybridized carbons (Fsp3) is 0.133. The molecule has 0 aliphatic rings. The highest BCUT2D eigenvalue weighted by molar-refractivity contribution is 5.93. The van der Waals surface area contributed by atoms with Crippen molar-refractivity contribution >= 4 is 11.6 Å². The van der Waals surface area contributed by atoms with Crippen molar-refractivity contribution in [3.63, 3.8) is 0 Å². The number of benzene rings is 2. The number of primary amides is 1. The third kappa shape index (κ3) is 3.41. The lowest BCUT2D eigenvalue weighted by Gasteiger charge is -2.10. The molecule has 2 rings (SSSR count). The van der Waals surface area contributed by atoms with Crippen LogP contribution >= 0.6 is 0 Å². The average Bonchev–Trinajstić information content (AvgIpc) is 2.38. The molecule has 0 radical (unpaired) electrons. The highest BCUT2D eigenvalue weighted by Gasteiger charge is 2.05. The van der Waals surface area contributed by atoms with Crippen LogP contribution in [0.5, 0.6) is 17.2 Å².